The second-order valence-electron chi connectivity index (χ2n) is 9.68. The average molecular weight is 509 g/mol. The van der Waals surface area contributed by atoms with E-state index in [0.717, 1.165) is 46.4 Å². The summed E-state index contributed by atoms with van der Waals surface area (Å²) >= 11 is 0. The number of fused-ring (bicyclic) bond motifs is 1. The smallest absolute Gasteiger partial charge is 0.242 e. The van der Waals surface area contributed by atoms with Gasteiger partial charge >= 0.3 is 0 Å². The first kappa shape index (κ1) is 25.2. The topological polar surface area (TPSA) is 88.9 Å². The third-order valence-electron chi connectivity index (χ3n) is 6.85. The minimum Gasteiger partial charge on any atom is -0.489 e. The molecule has 5 rings (SSSR count). The highest BCUT2D eigenvalue weighted by molar-refractivity contribution is 5.87. The Morgan fingerprint density at radius 2 is 1.76 bits per heavy atom. The van der Waals surface area contributed by atoms with Gasteiger partial charge in [-0.1, -0.05) is 67.6 Å². The fraction of sp³-hybridized carbons (Fsp3) is 0.267. The standard InChI is InChI=1S/C30H32N6O2/c1-22(30-31-33-34-32-30)17-25-19-36(20-29(37)35(2)16-15-23-9-5-3-6-10-23)28-14-13-26(18-27(25)28)38-21-24-11-7-4-8-12-24/h3-14,18-19,22H,15-17,20-21H2,1-2H3,(H,31,32,33,34). The summed E-state index contributed by atoms with van der Waals surface area (Å²) < 4.78 is 8.15. The van der Waals surface area contributed by atoms with Gasteiger partial charge < -0.3 is 14.2 Å². The zero-order chi connectivity index (χ0) is 26.3. The highest BCUT2D eigenvalue weighted by Gasteiger charge is 2.18. The van der Waals surface area contributed by atoms with Gasteiger partial charge in [0, 0.05) is 36.6 Å². The Morgan fingerprint density at radius 1 is 1.03 bits per heavy atom. The molecule has 1 atom stereocenters. The van der Waals surface area contributed by atoms with Crippen molar-refractivity contribution in [3.05, 3.63) is 108 Å². The van der Waals surface area contributed by atoms with Crippen LogP contribution in [0.25, 0.3) is 10.9 Å². The molecule has 0 spiro atoms. The molecule has 8 heteroatoms. The van der Waals surface area contributed by atoms with Crippen LogP contribution in [-0.2, 0) is 30.8 Å². The van der Waals surface area contributed by atoms with Crippen LogP contribution < -0.4 is 4.74 Å². The summed E-state index contributed by atoms with van der Waals surface area (Å²) in [7, 11) is 1.87. The van der Waals surface area contributed by atoms with Crippen LogP contribution in [0, 0.1) is 0 Å². The summed E-state index contributed by atoms with van der Waals surface area (Å²) in [5.41, 5.74) is 4.45. The van der Waals surface area contributed by atoms with Crippen molar-refractivity contribution in [2.24, 2.45) is 0 Å². The number of benzene rings is 3. The lowest BCUT2D eigenvalue weighted by Gasteiger charge is -2.18. The second-order valence-corrected chi connectivity index (χ2v) is 9.68. The van der Waals surface area contributed by atoms with Crippen LogP contribution in [0.5, 0.6) is 5.75 Å². The average Bonchev–Trinajstić information content (AvgIpc) is 3.61. The number of aromatic nitrogens is 5. The Balaban J connectivity index is 1.36. The van der Waals surface area contributed by atoms with E-state index in [2.05, 4.69) is 51.9 Å². The largest absolute Gasteiger partial charge is 0.489 e. The van der Waals surface area contributed by atoms with E-state index in [9.17, 15) is 4.79 Å². The van der Waals surface area contributed by atoms with Gasteiger partial charge in [-0.2, -0.15) is 0 Å². The van der Waals surface area contributed by atoms with Crippen molar-refractivity contribution < 1.29 is 9.53 Å². The Hall–Kier alpha value is -4.46. The molecule has 1 amide bonds. The highest BCUT2D eigenvalue weighted by atomic mass is 16.5. The Bertz CT molecular complexity index is 1470. The quantitative estimate of drug-likeness (QED) is 0.277. The van der Waals surface area contributed by atoms with Gasteiger partial charge in [0.2, 0.25) is 5.91 Å². The molecule has 38 heavy (non-hydrogen) atoms. The van der Waals surface area contributed by atoms with Crippen LogP contribution in [0.4, 0.5) is 0 Å². The number of carbonyl (C=O) groups is 1. The lowest BCUT2D eigenvalue weighted by molar-refractivity contribution is -0.130. The molecule has 1 N–H and O–H groups in total. The number of hydrogen-bond acceptors (Lipinski definition) is 5. The van der Waals surface area contributed by atoms with Crippen molar-refractivity contribution in [3.8, 4) is 5.75 Å². The molecule has 0 aliphatic rings. The summed E-state index contributed by atoms with van der Waals surface area (Å²) in [5, 5.41) is 15.5. The zero-order valence-electron chi connectivity index (χ0n) is 21.7. The molecule has 2 heterocycles. The zero-order valence-corrected chi connectivity index (χ0v) is 21.7. The molecule has 2 aromatic heterocycles. The van der Waals surface area contributed by atoms with Crippen molar-refractivity contribution in [1.82, 2.24) is 30.1 Å². The Labute approximate surface area is 222 Å². The van der Waals surface area contributed by atoms with Gasteiger partial charge in [0.25, 0.3) is 0 Å². The first-order valence-electron chi connectivity index (χ1n) is 12.9. The molecule has 0 fully saturated rings. The first-order valence-corrected chi connectivity index (χ1v) is 12.9. The van der Waals surface area contributed by atoms with E-state index < -0.39 is 0 Å². The number of carbonyl (C=O) groups excluding carboxylic acids is 1. The molecule has 1 unspecified atom stereocenters. The maximum atomic E-state index is 13.2. The van der Waals surface area contributed by atoms with E-state index in [0.29, 0.717) is 13.2 Å². The van der Waals surface area contributed by atoms with Crippen molar-refractivity contribution in [1.29, 1.82) is 0 Å². The Morgan fingerprint density at radius 3 is 2.47 bits per heavy atom. The normalized spacial score (nSPS) is 11.9. The molecule has 0 saturated heterocycles. The number of H-pyrrole nitrogens is 1. The summed E-state index contributed by atoms with van der Waals surface area (Å²) in [5.74, 6) is 1.68. The van der Waals surface area contributed by atoms with E-state index in [1.165, 1.54) is 5.56 Å². The van der Waals surface area contributed by atoms with Gasteiger partial charge in [0.05, 0.1) is 0 Å². The lowest BCUT2D eigenvalue weighted by Crippen LogP contribution is -2.31. The van der Waals surface area contributed by atoms with E-state index in [1.54, 1.807) is 4.90 Å². The van der Waals surface area contributed by atoms with Gasteiger partial charge in [0.1, 0.15) is 18.9 Å². The minimum atomic E-state index is 0.0706. The Kier molecular flexibility index (Phi) is 7.78. The fourth-order valence-electron chi connectivity index (χ4n) is 4.61. The fourth-order valence-corrected chi connectivity index (χ4v) is 4.61. The molecule has 0 radical (unpaired) electrons. The van der Waals surface area contributed by atoms with Crippen molar-refractivity contribution >= 4 is 16.8 Å². The number of nitrogens with zero attached hydrogens (tertiary/aromatic N) is 5. The number of hydrogen-bond donors (Lipinski definition) is 1. The maximum Gasteiger partial charge on any atom is 0.242 e. The predicted octanol–water partition coefficient (Wildman–Crippen LogP) is 4.78. The van der Waals surface area contributed by atoms with E-state index in [4.69, 9.17) is 4.74 Å². The van der Waals surface area contributed by atoms with Crippen LogP contribution in [0.15, 0.2) is 85.1 Å². The van der Waals surface area contributed by atoms with Gasteiger partial charge in [-0.15, -0.1) is 5.10 Å². The van der Waals surface area contributed by atoms with Crippen LogP contribution in [0.1, 0.15) is 35.4 Å². The number of tetrazole rings is 1. The van der Waals surface area contributed by atoms with Gasteiger partial charge in [-0.25, -0.2) is 5.10 Å². The highest BCUT2D eigenvalue weighted by Crippen LogP contribution is 2.30. The van der Waals surface area contributed by atoms with Crippen LogP contribution in [-0.4, -0.2) is 49.6 Å². The monoisotopic (exact) mass is 508 g/mol. The van der Waals surface area contributed by atoms with E-state index in [1.807, 2.05) is 72.3 Å². The third kappa shape index (κ3) is 6.08. The van der Waals surface area contributed by atoms with Crippen LogP contribution >= 0.6 is 0 Å². The molecule has 8 nitrogen and oxygen atoms in total. The van der Waals surface area contributed by atoms with Crippen molar-refractivity contribution in [2.75, 3.05) is 13.6 Å². The molecule has 3 aromatic carbocycles. The molecule has 0 saturated carbocycles. The third-order valence-corrected chi connectivity index (χ3v) is 6.85. The first-order chi connectivity index (χ1) is 18.6. The number of likely N-dealkylation sites (N-methyl/N-ethyl adjacent to an activating group) is 1. The number of nitrogens with one attached hydrogen (secondary N) is 1. The van der Waals surface area contributed by atoms with E-state index >= 15 is 0 Å². The number of rotatable bonds is 11. The predicted molar refractivity (Wildman–Crippen MR) is 147 cm³/mol. The summed E-state index contributed by atoms with van der Waals surface area (Å²) in [6.45, 7) is 3.52. The summed E-state index contributed by atoms with van der Waals surface area (Å²) in [4.78, 5) is 15.0. The number of aromatic amines is 1. The molecule has 0 bridgehead atoms. The summed E-state index contributed by atoms with van der Waals surface area (Å²) in [6.07, 6.45) is 3.63. The number of ether oxygens (including phenoxy) is 1. The molecular weight excluding hydrogens is 476 g/mol. The van der Waals surface area contributed by atoms with Gasteiger partial charge in [-0.3, -0.25) is 4.79 Å². The maximum absolute atomic E-state index is 13.2. The van der Waals surface area contributed by atoms with Gasteiger partial charge in [0.15, 0.2) is 5.82 Å². The molecule has 5 aromatic rings. The SMILES string of the molecule is CC(Cc1cn(CC(=O)N(C)CCc2ccccc2)c2ccc(OCc3ccccc3)cc12)c1nnn[nH]1. The van der Waals surface area contributed by atoms with Crippen molar-refractivity contribution in [3.63, 3.8) is 0 Å². The molecule has 0 aliphatic heterocycles. The van der Waals surface area contributed by atoms with Gasteiger partial charge in [-0.05, 0) is 58.2 Å². The minimum absolute atomic E-state index is 0.0706. The second kappa shape index (κ2) is 11.7. The van der Waals surface area contributed by atoms with Crippen LogP contribution in [0.3, 0.4) is 0 Å². The lowest BCUT2D eigenvalue weighted by atomic mass is 10.00. The molecule has 194 valence electrons. The molecule has 0 aliphatic carbocycles. The van der Waals surface area contributed by atoms with Crippen molar-refractivity contribution in [2.45, 2.75) is 38.8 Å². The number of amides is 1. The summed E-state index contributed by atoms with van der Waals surface area (Å²) in [6, 6.07) is 26.4. The molecular formula is C30H32N6O2. The van der Waals surface area contributed by atoms with E-state index in [-0.39, 0.29) is 18.4 Å². The van der Waals surface area contributed by atoms with Crippen LogP contribution in [0.2, 0.25) is 0 Å².